The number of ether oxygens (including phenoxy) is 1. The Kier molecular flexibility index (Phi) is 5.08. The molecule has 2 aliphatic rings. The van der Waals surface area contributed by atoms with E-state index in [2.05, 4.69) is 6.58 Å². The van der Waals surface area contributed by atoms with Crippen LogP contribution in [-0.4, -0.2) is 49.5 Å². The molecule has 0 saturated carbocycles. The van der Waals surface area contributed by atoms with Crippen LogP contribution in [-0.2, 0) is 16.4 Å². The van der Waals surface area contributed by atoms with Gasteiger partial charge in [-0.25, -0.2) is 13.2 Å². The molecule has 0 aromatic heterocycles. The van der Waals surface area contributed by atoms with Crippen LogP contribution in [0.5, 0.6) is 5.75 Å². The standard InChI is InChI=1S/C22H24N2O4S/c1-3-16-5-7-17(8-6-16)13-23-20-14-29(26,27)15-21(20)24(22(23)25)18-9-11-19(12-10-18)28-4-2/h3,5-12,20-21H,1,4,13-15H2,2H3/t20-,21+/m0/s1. The summed E-state index contributed by atoms with van der Waals surface area (Å²) in [5.41, 5.74) is 2.65. The number of amides is 2. The van der Waals surface area contributed by atoms with E-state index in [0.717, 1.165) is 16.9 Å². The molecule has 0 unspecified atom stereocenters. The van der Waals surface area contributed by atoms with Crippen LogP contribution in [0.3, 0.4) is 0 Å². The molecule has 2 fully saturated rings. The van der Waals surface area contributed by atoms with Crippen molar-refractivity contribution in [1.82, 2.24) is 4.90 Å². The van der Waals surface area contributed by atoms with Crippen molar-refractivity contribution >= 4 is 27.6 Å². The fourth-order valence-corrected chi connectivity index (χ4v) is 6.04. The van der Waals surface area contributed by atoms with Crippen molar-refractivity contribution in [2.75, 3.05) is 23.0 Å². The highest BCUT2D eigenvalue weighted by atomic mass is 32.2. The molecule has 2 aliphatic heterocycles. The number of carbonyl (C=O) groups excluding carboxylic acids is 1. The number of anilines is 1. The number of hydrogen-bond acceptors (Lipinski definition) is 4. The summed E-state index contributed by atoms with van der Waals surface area (Å²) < 4.78 is 30.2. The maximum atomic E-state index is 13.3. The first kappa shape index (κ1) is 19.5. The predicted molar refractivity (Wildman–Crippen MR) is 114 cm³/mol. The minimum atomic E-state index is -3.20. The molecular formula is C22H24N2O4S. The summed E-state index contributed by atoms with van der Waals surface area (Å²) in [5.74, 6) is 0.710. The van der Waals surface area contributed by atoms with Crippen molar-refractivity contribution in [3.63, 3.8) is 0 Å². The fraction of sp³-hybridized carbons (Fsp3) is 0.318. The lowest BCUT2D eigenvalue weighted by Crippen LogP contribution is -2.37. The second-order valence-electron chi connectivity index (χ2n) is 7.36. The molecule has 29 heavy (non-hydrogen) atoms. The molecular weight excluding hydrogens is 388 g/mol. The van der Waals surface area contributed by atoms with Crippen molar-refractivity contribution in [2.24, 2.45) is 0 Å². The van der Waals surface area contributed by atoms with Gasteiger partial charge in [0.05, 0.1) is 30.2 Å². The number of nitrogens with zero attached hydrogens (tertiary/aromatic N) is 2. The number of hydrogen-bond donors (Lipinski definition) is 0. The first-order valence-corrected chi connectivity index (χ1v) is 11.5. The second kappa shape index (κ2) is 7.55. The van der Waals surface area contributed by atoms with Gasteiger partial charge in [0.2, 0.25) is 0 Å². The average Bonchev–Trinajstić information content (AvgIpc) is 3.14. The molecule has 4 rings (SSSR count). The van der Waals surface area contributed by atoms with E-state index >= 15 is 0 Å². The summed E-state index contributed by atoms with van der Waals surface area (Å²) in [6, 6.07) is 14.1. The highest BCUT2D eigenvalue weighted by Crippen LogP contribution is 2.36. The third-order valence-corrected chi connectivity index (χ3v) is 7.17. The smallest absolute Gasteiger partial charge is 0.325 e. The van der Waals surface area contributed by atoms with E-state index in [1.807, 2.05) is 43.3 Å². The number of fused-ring (bicyclic) bond motifs is 1. The minimum Gasteiger partial charge on any atom is -0.494 e. The molecule has 0 bridgehead atoms. The van der Waals surface area contributed by atoms with E-state index in [1.54, 1.807) is 28.0 Å². The third-order valence-electron chi connectivity index (χ3n) is 5.47. The number of urea groups is 1. The normalized spacial score (nSPS) is 22.6. The van der Waals surface area contributed by atoms with Gasteiger partial charge in [-0.1, -0.05) is 36.9 Å². The molecule has 0 spiro atoms. The van der Waals surface area contributed by atoms with Gasteiger partial charge in [0.25, 0.3) is 0 Å². The van der Waals surface area contributed by atoms with Gasteiger partial charge in [0.1, 0.15) is 5.75 Å². The molecule has 0 aliphatic carbocycles. The highest BCUT2D eigenvalue weighted by Gasteiger charge is 2.53. The highest BCUT2D eigenvalue weighted by molar-refractivity contribution is 7.91. The van der Waals surface area contributed by atoms with Crippen molar-refractivity contribution in [3.8, 4) is 5.75 Å². The summed E-state index contributed by atoms with van der Waals surface area (Å²) in [4.78, 5) is 16.6. The van der Waals surface area contributed by atoms with Gasteiger partial charge in [-0.15, -0.1) is 0 Å². The third kappa shape index (κ3) is 3.74. The molecule has 2 amide bonds. The Labute approximate surface area is 171 Å². The zero-order valence-electron chi connectivity index (χ0n) is 16.3. The van der Waals surface area contributed by atoms with Gasteiger partial charge in [0, 0.05) is 12.2 Å². The lowest BCUT2D eigenvalue weighted by Gasteiger charge is -2.23. The van der Waals surface area contributed by atoms with E-state index in [-0.39, 0.29) is 29.6 Å². The monoisotopic (exact) mass is 412 g/mol. The van der Waals surface area contributed by atoms with Crippen LogP contribution in [0.25, 0.3) is 6.08 Å². The van der Waals surface area contributed by atoms with Gasteiger partial charge in [0.15, 0.2) is 9.84 Å². The number of rotatable bonds is 6. The lowest BCUT2D eigenvalue weighted by atomic mass is 10.1. The van der Waals surface area contributed by atoms with Crippen LogP contribution in [0.4, 0.5) is 10.5 Å². The summed E-state index contributed by atoms with van der Waals surface area (Å²) in [5, 5.41) is 0. The van der Waals surface area contributed by atoms with Crippen molar-refractivity contribution in [3.05, 3.63) is 66.2 Å². The Bertz CT molecular complexity index is 1020. The van der Waals surface area contributed by atoms with Crippen LogP contribution in [0.1, 0.15) is 18.1 Å². The molecule has 2 saturated heterocycles. The molecule has 2 heterocycles. The SMILES string of the molecule is C=Cc1ccc(CN2C(=O)N(c3ccc(OCC)cc3)[C@@H]3CS(=O)(=O)C[C@@H]32)cc1. The Balaban J connectivity index is 1.64. The summed E-state index contributed by atoms with van der Waals surface area (Å²) >= 11 is 0. The summed E-state index contributed by atoms with van der Waals surface area (Å²) in [6.07, 6.45) is 1.76. The van der Waals surface area contributed by atoms with Crippen molar-refractivity contribution in [1.29, 1.82) is 0 Å². The van der Waals surface area contributed by atoms with Gasteiger partial charge in [-0.2, -0.15) is 0 Å². The number of benzene rings is 2. The van der Waals surface area contributed by atoms with E-state index in [1.165, 1.54) is 0 Å². The van der Waals surface area contributed by atoms with Crippen LogP contribution >= 0.6 is 0 Å². The van der Waals surface area contributed by atoms with E-state index in [4.69, 9.17) is 4.74 Å². The predicted octanol–water partition coefficient (Wildman–Crippen LogP) is 3.34. The molecule has 2 aromatic rings. The van der Waals surface area contributed by atoms with E-state index in [0.29, 0.717) is 18.8 Å². The van der Waals surface area contributed by atoms with Gasteiger partial charge in [-0.05, 0) is 42.3 Å². The Morgan fingerprint density at radius 3 is 2.34 bits per heavy atom. The van der Waals surface area contributed by atoms with Crippen LogP contribution in [0.2, 0.25) is 0 Å². The summed E-state index contributed by atoms with van der Waals surface area (Å²) in [6.45, 7) is 6.59. The Morgan fingerprint density at radius 2 is 1.72 bits per heavy atom. The molecule has 2 atom stereocenters. The topological polar surface area (TPSA) is 66.9 Å². The average molecular weight is 413 g/mol. The minimum absolute atomic E-state index is 0.00166. The Hall–Kier alpha value is -2.80. The largest absolute Gasteiger partial charge is 0.494 e. The zero-order chi connectivity index (χ0) is 20.6. The van der Waals surface area contributed by atoms with Crippen LogP contribution in [0, 0.1) is 0 Å². The molecule has 7 heteroatoms. The van der Waals surface area contributed by atoms with Gasteiger partial charge >= 0.3 is 6.03 Å². The van der Waals surface area contributed by atoms with E-state index < -0.39 is 9.84 Å². The first-order valence-electron chi connectivity index (χ1n) is 9.66. The van der Waals surface area contributed by atoms with Crippen LogP contribution in [0.15, 0.2) is 55.1 Å². The van der Waals surface area contributed by atoms with Gasteiger partial charge in [-0.3, -0.25) is 4.90 Å². The van der Waals surface area contributed by atoms with Gasteiger partial charge < -0.3 is 9.64 Å². The molecule has 0 radical (unpaired) electrons. The second-order valence-corrected chi connectivity index (χ2v) is 9.52. The van der Waals surface area contributed by atoms with Crippen molar-refractivity contribution in [2.45, 2.75) is 25.6 Å². The molecule has 0 N–H and O–H groups in total. The number of carbonyl (C=O) groups is 1. The van der Waals surface area contributed by atoms with Crippen molar-refractivity contribution < 1.29 is 17.9 Å². The molecule has 152 valence electrons. The molecule has 6 nitrogen and oxygen atoms in total. The maximum absolute atomic E-state index is 13.3. The maximum Gasteiger partial charge on any atom is 0.325 e. The summed E-state index contributed by atoms with van der Waals surface area (Å²) in [7, 11) is -3.20. The van der Waals surface area contributed by atoms with Crippen LogP contribution < -0.4 is 9.64 Å². The quantitative estimate of drug-likeness (QED) is 0.683. The zero-order valence-corrected chi connectivity index (χ0v) is 17.1. The fourth-order valence-electron chi connectivity index (χ4n) is 4.09. The lowest BCUT2D eigenvalue weighted by molar-refractivity contribution is 0.206. The first-order chi connectivity index (χ1) is 13.9. The Morgan fingerprint density at radius 1 is 1.07 bits per heavy atom. The molecule has 2 aromatic carbocycles. The van der Waals surface area contributed by atoms with E-state index in [9.17, 15) is 13.2 Å². The number of sulfone groups is 1.